The number of rotatable bonds is 6. The van der Waals surface area contributed by atoms with E-state index in [0.29, 0.717) is 24.2 Å². The first-order valence-corrected chi connectivity index (χ1v) is 5.17. The summed E-state index contributed by atoms with van der Waals surface area (Å²) in [6.07, 6.45) is 2.17. The molecule has 2 nitrogen and oxygen atoms in total. The molecule has 0 aromatic heterocycles. The highest BCUT2D eigenvalue weighted by atomic mass is 16.4. The van der Waals surface area contributed by atoms with E-state index in [1.54, 1.807) is 0 Å². The predicted octanol–water partition coefficient (Wildman–Crippen LogP) is 3.17. The average Bonchev–Trinajstić information content (AvgIpc) is 1.95. The molecule has 0 amide bonds. The molecule has 0 atom stereocenters. The summed E-state index contributed by atoms with van der Waals surface area (Å²) in [6, 6.07) is 0. The van der Waals surface area contributed by atoms with Gasteiger partial charge in [0.2, 0.25) is 0 Å². The van der Waals surface area contributed by atoms with Crippen LogP contribution in [0.1, 0.15) is 47.0 Å². The third-order valence-electron chi connectivity index (χ3n) is 2.64. The quantitative estimate of drug-likeness (QED) is 0.691. The topological polar surface area (TPSA) is 37.3 Å². The Labute approximate surface area is 81.3 Å². The fraction of sp³-hybridized carbons (Fsp3) is 0.909. The van der Waals surface area contributed by atoms with Gasteiger partial charge in [0.1, 0.15) is 0 Å². The van der Waals surface area contributed by atoms with Crippen molar-refractivity contribution in [3.63, 3.8) is 0 Å². The summed E-state index contributed by atoms with van der Waals surface area (Å²) in [6.45, 7) is 8.85. The standard InChI is InChI=1S/C11H22O2/c1-8(2)10(9(3)4)6-5-7-11(12)13/h8-10H,5-7H2,1-4H3,(H,12,13). The average molecular weight is 186 g/mol. The minimum absolute atomic E-state index is 0.315. The molecule has 0 aromatic carbocycles. The number of carboxylic acid groups (broad SMARTS) is 1. The van der Waals surface area contributed by atoms with Gasteiger partial charge in [0.15, 0.2) is 0 Å². The van der Waals surface area contributed by atoms with Crippen LogP contribution in [0.2, 0.25) is 0 Å². The van der Waals surface area contributed by atoms with E-state index in [1.807, 2.05) is 0 Å². The van der Waals surface area contributed by atoms with Gasteiger partial charge >= 0.3 is 5.97 Å². The monoisotopic (exact) mass is 186 g/mol. The highest BCUT2D eigenvalue weighted by Crippen LogP contribution is 2.25. The van der Waals surface area contributed by atoms with Gasteiger partial charge in [0.05, 0.1) is 0 Å². The molecule has 0 aromatic rings. The lowest BCUT2D eigenvalue weighted by Crippen LogP contribution is -2.15. The first kappa shape index (κ1) is 12.5. The highest BCUT2D eigenvalue weighted by Gasteiger charge is 2.17. The van der Waals surface area contributed by atoms with Crippen LogP contribution < -0.4 is 0 Å². The van der Waals surface area contributed by atoms with E-state index >= 15 is 0 Å². The van der Waals surface area contributed by atoms with Crippen molar-refractivity contribution in [2.24, 2.45) is 17.8 Å². The molecule has 2 heteroatoms. The number of hydrogen-bond acceptors (Lipinski definition) is 1. The largest absolute Gasteiger partial charge is 0.481 e. The maximum atomic E-state index is 10.3. The number of carbonyl (C=O) groups is 1. The zero-order chi connectivity index (χ0) is 10.4. The zero-order valence-corrected chi connectivity index (χ0v) is 9.21. The maximum Gasteiger partial charge on any atom is 0.303 e. The smallest absolute Gasteiger partial charge is 0.303 e. The first-order valence-electron chi connectivity index (χ1n) is 5.17. The van der Waals surface area contributed by atoms with Crippen LogP contribution in [0.4, 0.5) is 0 Å². The van der Waals surface area contributed by atoms with Crippen LogP contribution in [0.15, 0.2) is 0 Å². The molecule has 0 spiro atoms. The van der Waals surface area contributed by atoms with Crippen molar-refractivity contribution < 1.29 is 9.90 Å². The van der Waals surface area contributed by atoms with Crippen molar-refractivity contribution >= 4 is 5.97 Å². The SMILES string of the molecule is CC(C)C(CCCC(=O)O)C(C)C. The van der Waals surface area contributed by atoms with Gasteiger partial charge in [0.25, 0.3) is 0 Å². The van der Waals surface area contributed by atoms with Crippen LogP contribution >= 0.6 is 0 Å². The Morgan fingerprint density at radius 3 is 1.92 bits per heavy atom. The molecule has 0 saturated carbocycles. The lowest BCUT2D eigenvalue weighted by Gasteiger charge is -2.24. The van der Waals surface area contributed by atoms with E-state index in [9.17, 15) is 4.79 Å². The summed E-state index contributed by atoms with van der Waals surface area (Å²) >= 11 is 0. The summed E-state index contributed by atoms with van der Waals surface area (Å²) in [4.78, 5) is 10.3. The van der Waals surface area contributed by atoms with Crippen LogP contribution in [0, 0.1) is 17.8 Å². The van der Waals surface area contributed by atoms with Gasteiger partial charge in [-0.25, -0.2) is 0 Å². The van der Waals surface area contributed by atoms with Gasteiger partial charge in [0, 0.05) is 6.42 Å². The minimum Gasteiger partial charge on any atom is -0.481 e. The molecule has 0 aliphatic heterocycles. The lowest BCUT2D eigenvalue weighted by molar-refractivity contribution is -0.137. The Morgan fingerprint density at radius 1 is 1.15 bits per heavy atom. The van der Waals surface area contributed by atoms with Crippen molar-refractivity contribution in [3.8, 4) is 0 Å². The van der Waals surface area contributed by atoms with E-state index in [4.69, 9.17) is 5.11 Å². The molecule has 0 aliphatic carbocycles. The fourth-order valence-electron chi connectivity index (χ4n) is 1.93. The Balaban J connectivity index is 3.77. The van der Waals surface area contributed by atoms with Gasteiger partial charge in [-0.15, -0.1) is 0 Å². The van der Waals surface area contributed by atoms with E-state index in [1.165, 1.54) is 0 Å². The van der Waals surface area contributed by atoms with Crippen LogP contribution in [0.25, 0.3) is 0 Å². The number of hydrogen-bond donors (Lipinski definition) is 1. The Kier molecular flexibility index (Phi) is 5.76. The third kappa shape index (κ3) is 5.67. The molecule has 0 saturated heterocycles. The summed E-state index contributed by atoms with van der Waals surface area (Å²) in [5, 5.41) is 8.50. The molecule has 0 rings (SSSR count). The number of aliphatic carboxylic acids is 1. The van der Waals surface area contributed by atoms with Crippen molar-refractivity contribution in [2.75, 3.05) is 0 Å². The Hall–Kier alpha value is -0.530. The van der Waals surface area contributed by atoms with Crippen molar-refractivity contribution in [1.29, 1.82) is 0 Å². The van der Waals surface area contributed by atoms with Crippen molar-refractivity contribution in [2.45, 2.75) is 47.0 Å². The summed E-state index contributed by atoms with van der Waals surface area (Å²) in [7, 11) is 0. The minimum atomic E-state index is -0.675. The van der Waals surface area contributed by atoms with Gasteiger partial charge in [-0.2, -0.15) is 0 Å². The van der Waals surface area contributed by atoms with E-state index in [2.05, 4.69) is 27.7 Å². The zero-order valence-electron chi connectivity index (χ0n) is 9.21. The molecule has 0 radical (unpaired) electrons. The molecule has 1 N–H and O–H groups in total. The van der Waals surface area contributed by atoms with Gasteiger partial charge in [-0.1, -0.05) is 27.7 Å². The van der Waals surface area contributed by atoms with Gasteiger partial charge in [-0.05, 0) is 30.6 Å². The van der Waals surface area contributed by atoms with Crippen molar-refractivity contribution in [3.05, 3.63) is 0 Å². The van der Waals surface area contributed by atoms with Gasteiger partial charge in [-0.3, -0.25) is 4.79 Å². The fourth-order valence-corrected chi connectivity index (χ4v) is 1.93. The molecular weight excluding hydrogens is 164 g/mol. The number of carboxylic acids is 1. The molecule has 13 heavy (non-hydrogen) atoms. The molecule has 0 aliphatic rings. The van der Waals surface area contributed by atoms with E-state index in [0.717, 1.165) is 12.8 Å². The molecular formula is C11H22O2. The van der Waals surface area contributed by atoms with E-state index < -0.39 is 5.97 Å². The van der Waals surface area contributed by atoms with Crippen molar-refractivity contribution in [1.82, 2.24) is 0 Å². The summed E-state index contributed by atoms with van der Waals surface area (Å²) < 4.78 is 0. The van der Waals surface area contributed by atoms with Crippen LogP contribution in [-0.4, -0.2) is 11.1 Å². The second-order valence-corrected chi connectivity index (χ2v) is 4.44. The normalized spacial score (nSPS) is 11.6. The molecule has 0 fully saturated rings. The molecule has 0 bridgehead atoms. The van der Waals surface area contributed by atoms with Crippen LogP contribution in [0.5, 0.6) is 0 Å². The maximum absolute atomic E-state index is 10.3. The summed E-state index contributed by atoms with van der Waals surface area (Å²) in [5.41, 5.74) is 0. The van der Waals surface area contributed by atoms with Crippen LogP contribution in [-0.2, 0) is 4.79 Å². The molecule has 78 valence electrons. The molecule has 0 unspecified atom stereocenters. The van der Waals surface area contributed by atoms with Gasteiger partial charge < -0.3 is 5.11 Å². The first-order chi connectivity index (χ1) is 5.95. The second kappa shape index (κ2) is 6.01. The second-order valence-electron chi connectivity index (χ2n) is 4.44. The van der Waals surface area contributed by atoms with Crippen LogP contribution in [0.3, 0.4) is 0 Å². The summed E-state index contributed by atoms with van der Waals surface area (Å²) in [5.74, 6) is 1.31. The third-order valence-corrected chi connectivity index (χ3v) is 2.64. The van der Waals surface area contributed by atoms with E-state index in [-0.39, 0.29) is 0 Å². The Morgan fingerprint density at radius 2 is 1.62 bits per heavy atom. The highest BCUT2D eigenvalue weighted by molar-refractivity contribution is 5.66. The predicted molar refractivity (Wildman–Crippen MR) is 54.7 cm³/mol. The lowest BCUT2D eigenvalue weighted by atomic mass is 9.82. The molecule has 0 heterocycles. The Bertz CT molecular complexity index is 142.